The number of nitrogens with one attached hydrogen (secondary N) is 1. The summed E-state index contributed by atoms with van der Waals surface area (Å²) < 4.78 is 26.2. The van der Waals surface area contributed by atoms with Crippen molar-refractivity contribution in [1.82, 2.24) is 10.2 Å². The molecule has 0 aromatic heterocycles. The Morgan fingerprint density at radius 1 is 1.00 bits per heavy atom. The van der Waals surface area contributed by atoms with E-state index in [1.807, 2.05) is 13.8 Å². The summed E-state index contributed by atoms with van der Waals surface area (Å²) in [6.45, 7) is 5.04. The fourth-order valence-corrected chi connectivity index (χ4v) is 5.06. The van der Waals surface area contributed by atoms with E-state index >= 15 is 0 Å². The number of carbonyl (C=O) groups is 2. The average Bonchev–Trinajstić information content (AvgIpc) is 2.78. The summed E-state index contributed by atoms with van der Waals surface area (Å²) in [6.07, 6.45) is 2.02. The van der Waals surface area contributed by atoms with Gasteiger partial charge in [-0.3, -0.25) is 13.9 Å². The number of amides is 2. The summed E-state index contributed by atoms with van der Waals surface area (Å²) in [5.41, 5.74) is 0.745. The van der Waals surface area contributed by atoms with Crippen LogP contribution in [-0.2, 0) is 26.2 Å². The average molecular weight is 563 g/mol. The molecule has 0 bridgehead atoms. The van der Waals surface area contributed by atoms with E-state index in [9.17, 15) is 18.0 Å². The molecule has 0 aliphatic heterocycles. The lowest BCUT2D eigenvalue weighted by Gasteiger charge is -2.33. The lowest BCUT2D eigenvalue weighted by molar-refractivity contribution is -0.140. The van der Waals surface area contributed by atoms with Gasteiger partial charge in [-0.15, -0.1) is 0 Å². The first kappa shape index (κ1) is 29.2. The maximum absolute atomic E-state index is 13.7. The molecule has 0 heterocycles. The second-order valence-corrected chi connectivity index (χ2v) is 11.4. The Labute approximate surface area is 222 Å². The van der Waals surface area contributed by atoms with Crippen LogP contribution in [0.25, 0.3) is 0 Å². The van der Waals surface area contributed by atoms with Crippen LogP contribution in [0.3, 0.4) is 0 Å². The van der Waals surface area contributed by atoms with E-state index in [-0.39, 0.29) is 29.2 Å². The normalized spacial score (nSPS) is 13.1. The molecule has 0 spiro atoms. The molecular weight excluding hydrogens is 533 g/mol. The largest absolute Gasteiger partial charge is 0.352 e. The topological polar surface area (TPSA) is 86.8 Å². The quantitative estimate of drug-likeness (QED) is 0.411. The van der Waals surface area contributed by atoms with Gasteiger partial charge < -0.3 is 10.2 Å². The zero-order chi connectivity index (χ0) is 26.3. The minimum atomic E-state index is -3.87. The highest BCUT2D eigenvalue weighted by Gasteiger charge is 2.33. The van der Waals surface area contributed by atoms with E-state index in [1.54, 1.807) is 43.3 Å². The molecule has 2 atom stereocenters. The van der Waals surface area contributed by atoms with Crippen molar-refractivity contribution in [1.29, 1.82) is 0 Å². The molecule has 11 heteroatoms. The van der Waals surface area contributed by atoms with Gasteiger partial charge in [0.15, 0.2) is 0 Å². The number of anilines is 1. The first-order valence-electron chi connectivity index (χ1n) is 11.1. The molecule has 0 radical (unpaired) electrons. The molecule has 2 aromatic carbocycles. The predicted octanol–water partition coefficient (Wildman–Crippen LogP) is 5.13. The molecule has 2 rings (SSSR count). The number of halogens is 3. The number of rotatable bonds is 11. The maximum atomic E-state index is 13.7. The molecular formula is C24H30Cl3N3O4S. The summed E-state index contributed by atoms with van der Waals surface area (Å²) in [4.78, 5) is 28.1. The van der Waals surface area contributed by atoms with Crippen molar-refractivity contribution in [2.45, 2.75) is 52.2 Å². The third kappa shape index (κ3) is 8.00. The molecule has 7 nitrogen and oxygen atoms in total. The van der Waals surface area contributed by atoms with E-state index in [1.165, 1.54) is 11.0 Å². The molecule has 0 unspecified atom stereocenters. The summed E-state index contributed by atoms with van der Waals surface area (Å²) in [7, 11) is -3.87. The van der Waals surface area contributed by atoms with Crippen molar-refractivity contribution in [3.05, 3.63) is 63.1 Å². The van der Waals surface area contributed by atoms with Crippen LogP contribution in [0.4, 0.5) is 5.69 Å². The Morgan fingerprint density at radius 2 is 1.66 bits per heavy atom. The zero-order valence-corrected chi connectivity index (χ0v) is 23.2. The molecule has 0 aliphatic rings. The van der Waals surface area contributed by atoms with E-state index in [0.29, 0.717) is 28.5 Å². The molecule has 0 saturated carbocycles. The van der Waals surface area contributed by atoms with E-state index in [0.717, 1.165) is 10.6 Å². The minimum absolute atomic E-state index is 0.0125. The Kier molecular flexibility index (Phi) is 10.7. The van der Waals surface area contributed by atoms with Crippen LogP contribution in [0.5, 0.6) is 0 Å². The lowest BCUT2D eigenvalue weighted by atomic mass is 10.1. The number of carbonyl (C=O) groups excluding carboxylic acids is 2. The van der Waals surface area contributed by atoms with E-state index in [2.05, 4.69) is 5.32 Å². The van der Waals surface area contributed by atoms with Crippen LogP contribution in [-0.4, -0.2) is 50.0 Å². The van der Waals surface area contributed by atoms with Crippen molar-refractivity contribution >= 4 is 62.3 Å². The fraction of sp³-hybridized carbons (Fsp3) is 0.417. The van der Waals surface area contributed by atoms with Crippen LogP contribution in [0, 0.1) is 0 Å². The Bertz CT molecular complexity index is 1160. The van der Waals surface area contributed by atoms with Gasteiger partial charge in [0.05, 0.1) is 17.0 Å². The number of nitrogens with zero attached hydrogens (tertiary/aromatic N) is 2. The molecule has 1 N–H and O–H groups in total. The molecule has 2 amide bonds. The summed E-state index contributed by atoms with van der Waals surface area (Å²) in [5.74, 6) is -0.906. The first-order valence-corrected chi connectivity index (χ1v) is 14.1. The van der Waals surface area contributed by atoms with Crippen molar-refractivity contribution in [3.63, 3.8) is 0 Å². The number of sulfonamides is 1. The summed E-state index contributed by atoms with van der Waals surface area (Å²) in [5, 5.41) is 3.85. The maximum Gasteiger partial charge on any atom is 0.244 e. The zero-order valence-electron chi connectivity index (χ0n) is 20.1. The van der Waals surface area contributed by atoms with Gasteiger partial charge in [-0.1, -0.05) is 66.8 Å². The van der Waals surface area contributed by atoms with Gasteiger partial charge in [-0.05, 0) is 49.6 Å². The van der Waals surface area contributed by atoms with Crippen molar-refractivity contribution in [2.24, 2.45) is 0 Å². The number of hydrogen-bond acceptors (Lipinski definition) is 4. The highest BCUT2D eigenvalue weighted by Crippen LogP contribution is 2.28. The smallest absolute Gasteiger partial charge is 0.244 e. The van der Waals surface area contributed by atoms with Crippen LogP contribution in [0.15, 0.2) is 42.5 Å². The van der Waals surface area contributed by atoms with E-state index in [4.69, 9.17) is 34.8 Å². The van der Waals surface area contributed by atoms with Gasteiger partial charge in [-0.2, -0.15) is 0 Å². The molecule has 0 fully saturated rings. The fourth-order valence-electron chi connectivity index (χ4n) is 3.44. The van der Waals surface area contributed by atoms with E-state index < -0.39 is 28.5 Å². The van der Waals surface area contributed by atoms with Gasteiger partial charge in [0.1, 0.15) is 12.6 Å². The lowest BCUT2D eigenvalue weighted by Crippen LogP contribution is -2.53. The third-order valence-electron chi connectivity index (χ3n) is 5.54. The number of hydrogen-bond donors (Lipinski definition) is 1. The van der Waals surface area contributed by atoms with Crippen LogP contribution < -0.4 is 9.62 Å². The SMILES string of the molecule is CC[C@H](C)NC(=O)[C@H](CC)N(Cc1ccc(Cl)cc1Cl)C(=O)CN(c1ccccc1Cl)S(C)(=O)=O. The van der Waals surface area contributed by atoms with Crippen LogP contribution in [0.2, 0.25) is 15.1 Å². The van der Waals surface area contributed by atoms with Crippen molar-refractivity contribution < 1.29 is 18.0 Å². The second kappa shape index (κ2) is 12.8. The second-order valence-electron chi connectivity index (χ2n) is 8.22. The third-order valence-corrected chi connectivity index (χ3v) is 7.58. The standard InChI is InChI=1S/C24H30Cl3N3O4S/c1-5-16(3)28-24(32)21(6-2)29(14-17-11-12-18(25)13-20(17)27)23(31)15-30(35(4,33)34)22-10-8-7-9-19(22)26/h7-13,16,21H,5-6,14-15H2,1-4H3,(H,28,32)/t16-,21-/m0/s1. The molecule has 2 aromatic rings. The monoisotopic (exact) mass is 561 g/mol. The molecule has 192 valence electrons. The summed E-state index contributed by atoms with van der Waals surface area (Å²) >= 11 is 18.6. The Hall–Kier alpha value is -2.00. The van der Waals surface area contributed by atoms with Gasteiger partial charge in [-0.25, -0.2) is 8.42 Å². The Balaban J connectivity index is 2.49. The highest BCUT2D eigenvalue weighted by molar-refractivity contribution is 7.92. The van der Waals surface area contributed by atoms with Crippen LogP contribution >= 0.6 is 34.8 Å². The summed E-state index contributed by atoms with van der Waals surface area (Å²) in [6, 6.07) is 10.3. The van der Waals surface area contributed by atoms with Gasteiger partial charge in [0.2, 0.25) is 21.8 Å². The number of benzene rings is 2. The predicted molar refractivity (Wildman–Crippen MR) is 143 cm³/mol. The Morgan fingerprint density at radius 3 is 2.20 bits per heavy atom. The van der Waals surface area contributed by atoms with Crippen molar-refractivity contribution in [2.75, 3.05) is 17.1 Å². The van der Waals surface area contributed by atoms with Gasteiger partial charge in [0, 0.05) is 22.6 Å². The van der Waals surface area contributed by atoms with Crippen LogP contribution in [0.1, 0.15) is 39.2 Å². The number of para-hydroxylation sites is 1. The van der Waals surface area contributed by atoms with Gasteiger partial charge >= 0.3 is 0 Å². The molecule has 0 aliphatic carbocycles. The first-order chi connectivity index (χ1) is 16.4. The van der Waals surface area contributed by atoms with Gasteiger partial charge in [0.25, 0.3) is 0 Å². The molecule has 35 heavy (non-hydrogen) atoms. The molecule has 0 saturated heterocycles. The van der Waals surface area contributed by atoms with Crippen molar-refractivity contribution in [3.8, 4) is 0 Å². The highest BCUT2D eigenvalue weighted by atomic mass is 35.5. The minimum Gasteiger partial charge on any atom is -0.352 e.